The Morgan fingerprint density at radius 2 is 2.00 bits per heavy atom. The van der Waals surface area contributed by atoms with Gasteiger partial charge in [-0.25, -0.2) is 9.97 Å². The van der Waals surface area contributed by atoms with E-state index >= 15 is 0 Å². The summed E-state index contributed by atoms with van der Waals surface area (Å²) in [6.07, 6.45) is 4.20. The van der Waals surface area contributed by atoms with E-state index in [0.29, 0.717) is 18.3 Å². The number of rotatable bonds is 5. The van der Waals surface area contributed by atoms with Crippen LogP contribution in [-0.4, -0.2) is 28.2 Å². The molecule has 1 heterocycles. The van der Waals surface area contributed by atoms with Crippen LogP contribution in [0.25, 0.3) is 11.4 Å². The van der Waals surface area contributed by atoms with Gasteiger partial charge in [-0.1, -0.05) is 0 Å². The van der Waals surface area contributed by atoms with E-state index in [0.717, 1.165) is 23.5 Å². The van der Waals surface area contributed by atoms with Gasteiger partial charge in [-0.3, -0.25) is 0 Å². The second-order valence-corrected chi connectivity index (χ2v) is 5.03. The zero-order valence-electron chi connectivity index (χ0n) is 11.2. The van der Waals surface area contributed by atoms with E-state index in [4.69, 9.17) is 10.7 Å². The van der Waals surface area contributed by atoms with E-state index in [1.54, 1.807) is 12.1 Å². The number of aromatic nitrogens is 2. The summed E-state index contributed by atoms with van der Waals surface area (Å²) in [4.78, 5) is 9.10. The van der Waals surface area contributed by atoms with Crippen LogP contribution in [0, 0.1) is 0 Å². The van der Waals surface area contributed by atoms with Gasteiger partial charge in [-0.15, -0.1) is 0 Å². The Balaban J connectivity index is 1.92. The van der Waals surface area contributed by atoms with Gasteiger partial charge >= 0.3 is 0 Å². The van der Waals surface area contributed by atoms with Gasteiger partial charge in [0, 0.05) is 24.6 Å². The van der Waals surface area contributed by atoms with Crippen molar-refractivity contribution in [1.82, 2.24) is 9.97 Å². The monoisotopic (exact) mass is 270 g/mol. The molecular weight excluding hydrogens is 252 g/mol. The van der Waals surface area contributed by atoms with Crippen molar-refractivity contribution in [3.63, 3.8) is 0 Å². The van der Waals surface area contributed by atoms with Crippen LogP contribution in [0.3, 0.4) is 0 Å². The Morgan fingerprint density at radius 3 is 2.65 bits per heavy atom. The van der Waals surface area contributed by atoms with E-state index in [1.165, 1.54) is 12.8 Å². The van der Waals surface area contributed by atoms with Gasteiger partial charge in [0.25, 0.3) is 0 Å². The Morgan fingerprint density at radius 1 is 1.25 bits per heavy atom. The second-order valence-electron chi connectivity index (χ2n) is 5.03. The molecule has 1 aromatic heterocycles. The largest absolute Gasteiger partial charge is 0.508 e. The molecule has 0 aliphatic heterocycles. The lowest BCUT2D eigenvalue weighted by Crippen LogP contribution is -2.15. The topological polar surface area (TPSA) is 84.1 Å². The van der Waals surface area contributed by atoms with Crippen molar-refractivity contribution in [2.75, 3.05) is 18.4 Å². The van der Waals surface area contributed by atoms with E-state index < -0.39 is 0 Å². The highest BCUT2D eigenvalue weighted by Crippen LogP contribution is 2.42. The van der Waals surface area contributed by atoms with Crippen LogP contribution in [0.15, 0.2) is 30.5 Å². The third-order valence-electron chi connectivity index (χ3n) is 3.37. The molecule has 20 heavy (non-hydrogen) atoms. The molecule has 0 radical (unpaired) electrons. The van der Waals surface area contributed by atoms with Crippen LogP contribution in [0.4, 0.5) is 5.69 Å². The zero-order valence-corrected chi connectivity index (χ0v) is 11.2. The van der Waals surface area contributed by atoms with E-state index in [9.17, 15) is 5.11 Å². The smallest absolute Gasteiger partial charge is 0.159 e. The molecule has 4 N–H and O–H groups in total. The Hall–Kier alpha value is -2.14. The van der Waals surface area contributed by atoms with E-state index in [2.05, 4.69) is 10.3 Å². The SMILES string of the molecule is NCCNc1cnc(-c2ccc(O)cc2)nc1C1CC1. The Kier molecular flexibility index (Phi) is 3.52. The molecule has 1 aromatic carbocycles. The number of nitrogens with two attached hydrogens (primary N) is 1. The van der Waals surface area contributed by atoms with Gasteiger partial charge in [0.05, 0.1) is 17.6 Å². The van der Waals surface area contributed by atoms with Crippen LogP contribution in [0.2, 0.25) is 0 Å². The van der Waals surface area contributed by atoms with Crippen molar-refractivity contribution in [2.45, 2.75) is 18.8 Å². The lowest BCUT2D eigenvalue weighted by Gasteiger charge is -2.11. The molecule has 1 fully saturated rings. The average molecular weight is 270 g/mol. The molecule has 0 saturated heterocycles. The Bertz CT molecular complexity index is 593. The standard InChI is InChI=1S/C15H18N4O/c16-7-8-17-13-9-18-15(19-14(13)10-1-2-10)11-3-5-12(20)6-4-11/h3-6,9-10,17,20H,1-2,7-8,16H2. The van der Waals surface area contributed by atoms with Gasteiger partial charge in [0.2, 0.25) is 0 Å². The number of phenols is 1. The lowest BCUT2D eigenvalue weighted by molar-refractivity contribution is 0.475. The fourth-order valence-corrected chi connectivity index (χ4v) is 2.16. The summed E-state index contributed by atoms with van der Waals surface area (Å²) in [7, 11) is 0. The molecule has 0 unspecified atom stereocenters. The number of hydrogen-bond donors (Lipinski definition) is 3. The Labute approximate surface area is 117 Å². The molecule has 1 aliphatic rings. The maximum Gasteiger partial charge on any atom is 0.159 e. The molecule has 1 saturated carbocycles. The first-order valence-electron chi connectivity index (χ1n) is 6.88. The minimum absolute atomic E-state index is 0.248. The molecule has 3 rings (SSSR count). The summed E-state index contributed by atoms with van der Waals surface area (Å²) in [6.45, 7) is 1.31. The first-order valence-corrected chi connectivity index (χ1v) is 6.88. The van der Waals surface area contributed by atoms with Gasteiger partial charge < -0.3 is 16.2 Å². The molecule has 5 heteroatoms. The fourth-order valence-electron chi connectivity index (χ4n) is 2.16. The molecule has 1 aliphatic carbocycles. The normalized spacial score (nSPS) is 14.2. The molecular formula is C15H18N4O. The molecule has 5 nitrogen and oxygen atoms in total. The minimum atomic E-state index is 0.248. The van der Waals surface area contributed by atoms with Crippen molar-refractivity contribution in [1.29, 1.82) is 0 Å². The first kappa shape index (κ1) is 12.9. The third-order valence-corrected chi connectivity index (χ3v) is 3.37. The third kappa shape index (κ3) is 2.72. The minimum Gasteiger partial charge on any atom is -0.508 e. The number of nitrogens with zero attached hydrogens (tertiary/aromatic N) is 2. The lowest BCUT2D eigenvalue weighted by atomic mass is 10.2. The molecule has 2 aromatic rings. The van der Waals surface area contributed by atoms with E-state index in [-0.39, 0.29) is 5.75 Å². The van der Waals surface area contributed by atoms with Crippen LogP contribution in [0.1, 0.15) is 24.5 Å². The summed E-state index contributed by atoms with van der Waals surface area (Å²) < 4.78 is 0. The maximum atomic E-state index is 9.33. The van der Waals surface area contributed by atoms with Crippen molar-refractivity contribution >= 4 is 5.69 Å². The van der Waals surface area contributed by atoms with Gasteiger partial charge in [0.15, 0.2) is 5.82 Å². The predicted octanol–water partition coefficient (Wildman–Crippen LogP) is 2.10. The summed E-state index contributed by atoms with van der Waals surface area (Å²) in [5.41, 5.74) is 8.51. The molecule has 0 atom stereocenters. The van der Waals surface area contributed by atoms with Crippen molar-refractivity contribution < 1.29 is 5.11 Å². The summed E-state index contributed by atoms with van der Waals surface area (Å²) in [5, 5.41) is 12.6. The van der Waals surface area contributed by atoms with Crippen LogP contribution in [-0.2, 0) is 0 Å². The van der Waals surface area contributed by atoms with Crippen molar-refractivity contribution in [3.05, 3.63) is 36.2 Å². The zero-order chi connectivity index (χ0) is 13.9. The van der Waals surface area contributed by atoms with Gasteiger partial charge in [-0.05, 0) is 37.1 Å². The quantitative estimate of drug-likeness (QED) is 0.775. The van der Waals surface area contributed by atoms with Gasteiger partial charge in [0.1, 0.15) is 5.75 Å². The molecule has 0 amide bonds. The molecule has 0 bridgehead atoms. The average Bonchev–Trinajstić information content (AvgIpc) is 3.30. The number of anilines is 1. The summed E-state index contributed by atoms with van der Waals surface area (Å²) in [6, 6.07) is 6.95. The highest BCUT2D eigenvalue weighted by Gasteiger charge is 2.28. The highest BCUT2D eigenvalue weighted by atomic mass is 16.3. The number of hydrogen-bond acceptors (Lipinski definition) is 5. The summed E-state index contributed by atoms with van der Waals surface area (Å²) in [5.74, 6) is 1.48. The van der Waals surface area contributed by atoms with Crippen LogP contribution in [0.5, 0.6) is 5.75 Å². The molecule has 0 spiro atoms. The number of aromatic hydroxyl groups is 1. The van der Waals surface area contributed by atoms with Crippen LogP contribution >= 0.6 is 0 Å². The van der Waals surface area contributed by atoms with Crippen molar-refractivity contribution in [3.8, 4) is 17.1 Å². The maximum absolute atomic E-state index is 9.33. The van der Waals surface area contributed by atoms with E-state index in [1.807, 2.05) is 18.3 Å². The summed E-state index contributed by atoms with van der Waals surface area (Å²) >= 11 is 0. The number of phenolic OH excluding ortho intramolecular Hbond substituents is 1. The van der Waals surface area contributed by atoms with Gasteiger partial charge in [-0.2, -0.15) is 0 Å². The van der Waals surface area contributed by atoms with Crippen molar-refractivity contribution in [2.24, 2.45) is 5.73 Å². The predicted molar refractivity (Wildman–Crippen MR) is 78.7 cm³/mol. The number of benzene rings is 1. The fraction of sp³-hybridized carbons (Fsp3) is 0.333. The second kappa shape index (κ2) is 5.46. The van der Waals surface area contributed by atoms with Crippen LogP contribution < -0.4 is 11.1 Å². The first-order chi connectivity index (χ1) is 9.78. The highest BCUT2D eigenvalue weighted by molar-refractivity contribution is 5.60. The molecule has 104 valence electrons. The number of nitrogens with one attached hydrogen (secondary N) is 1.